The van der Waals surface area contributed by atoms with Crippen molar-refractivity contribution in [3.05, 3.63) is 120 Å². The predicted octanol–water partition coefficient (Wildman–Crippen LogP) is 6.38. The van der Waals surface area contributed by atoms with Crippen LogP contribution < -0.4 is 4.90 Å². The largest absolute Gasteiger partial charge is 0.367 e. The maximum absolute atomic E-state index is 3.92. The van der Waals surface area contributed by atoms with Crippen LogP contribution >= 0.6 is 0 Å². The Kier molecular flexibility index (Phi) is 6.65. The van der Waals surface area contributed by atoms with Crippen molar-refractivity contribution in [2.45, 2.75) is 12.8 Å². The van der Waals surface area contributed by atoms with Crippen LogP contribution in [0, 0.1) is 0 Å². The van der Waals surface area contributed by atoms with Gasteiger partial charge >= 0.3 is 0 Å². The van der Waals surface area contributed by atoms with Gasteiger partial charge in [0.1, 0.15) is 0 Å². The lowest BCUT2D eigenvalue weighted by Crippen LogP contribution is -2.28. The Morgan fingerprint density at radius 1 is 0.963 bits per heavy atom. The second-order valence-corrected chi connectivity index (χ2v) is 6.76. The van der Waals surface area contributed by atoms with Gasteiger partial charge in [-0.05, 0) is 47.2 Å². The Labute approximate surface area is 163 Å². The van der Waals surface area contributed by atoms with Gasteiger partial charge in [-0.2, -0.15) is 0 Å². The molecular formula is C26H27N. The number of hydrogen-bond donors (Lipinski definition) is 0. The normalized spacial score (nSPS) is 13.3. The fourth-order valence-corrected chi connectivity index (χ4v) is 3.30. The first-order valence-corrected chi connectivity index (χ1v) is 9.48. The van der Waals surface area contributed by atoms with E-state index in [2.05, 4.69) is 97.0 Å². The van der Waals surface area contributed by atoms with Crippen molar-refractivity contribution < 1.29 is 0 Å². The van der Waals surface area contributed by atoms with E-state index >= 15 is 0 Å². The van der Waals surface area contributed by atoms with Crippen LogP contribution in [0.4, 0.5) is 5.69 Å². The van der Waals surface area contributed by atoms with E-state index in [1.807, 2.05) is 12.2 Å². The predicted molar refractivity (Wildman–Crippen MR) is 119 cm³/mol. The molecule has 0 bridgehead atoms. The Bertz CT molecular complexity index is 868. The minimum atomic E-state index is 0.917. The molecule has 136 valence electrons. The first-order chi connectivity index (χ1) is 13.3. The highest BCUT2D eigenvalue weighted by molar-refractivity contribution is 5.50. The van der Waals surface area contributed by atoms with Gasteiger partial charge in [-0.3, -0.25) is 0 Å². The number of nitrogens with zero attached hydrogens (tertiary/aromatic N) is 1. The SMILES string of the molecule is C=CC1=CC=CCC(CN(CCc2cccc(C=C)c2)c2ccccc2)=C1. The summed E-state index contributed by atoms with van der Waals surface area (Å²) in [4.78, 5) is 2.46. The van der Waals surface area contributed by atoms with E-state index in [0.717, 1.165) is 25.9 Å². The molecule has 0 aromatic heterocycles. The molecule has 0 aliphatic heterocycles. The van der Waals surface area contributed by atoms with Crippen LogP contribution in [0.2, 0.25) is 0 Å². The van der Waals surface area contributed by atoms with Crippen LogP contribution in [-0.4, -0.2) is 13.1 Å². The van der Waals surface area contributed by atoms with E-state index in [-0.39, 0.29) is 0 Å². The molecule has 0 amide bonds. The molecule has 2 aromatic carbocycles. The molecule has 0 atom stereocenters. The van der Waals surface area contributed by atoms with Crippen LogP contribution in [0.3, 0.4) is 0 Å². The molecule has 0 radical (unpaired) electrons. The third-order valence-electron chi connectivity index (χ3n) is 4.78. The lowest BCUT2D eigenvalue weighted by molar-refractivity contribution is 0.810. The minimum absolute atomic E-state index is 0.917. The van der Waals surface area contributed by atoms with Gasteiger partial charge in [-0.15, -0.1) is 0 Å². The summed E-state index contributed by atoms with van der Waals surface area (Å²) in [6.07, 6.45) is 14.5. The van der Waals surface area contributed by atoms with Crippen molar-refractivity contribution in [3.8, 4) is 0 Å². The van der Waals surface area contributed by atoms with Crippen LogP contribution in [0.25, 0.3) is 6.08 Å². The highest BCUT2D eigenvalue weighted by Crippen LogP contribution is 2.20. The third-order valence-corrected chi connectivity index (χ3v) is 4.78. The van der Waals surface area contributed by atoms with E-state index in [4.69, 9.17) is 0 Å². The number of hydrogen-bond acceptors (Lipinski definition) is 1. The maximum Gasteiger partial charge on any atom is 0.0395 e. The highest BCUT2D eigenvalue weighted by Gasteiger charge is 2.10. The molecular weight excluding hydrogens is 326 g/mol. The van der Waals surface area contributed by atoms with Crippen LogP contribution in [0.15, 0.2) is 109 Å². The summed E-state index contributed by atoms with van der Waals surface area (Å²) in [5.41, 5.74) is 6.35. The number of rotatable bonds is 8. The van der Waals surface area contributed by atoms with E-state index in [9.17, 15) is 0 Å². The number of allylic oxidation sites excluding steroid dienone is 6. The molecule has 1 heteroatoms. The second-order valence-electron chi connectivity index (χ2n) is 6.76. The molecule has 1 aliphatic carbocycles. The van der Waals surface area contributed by atoms with Gasteiger partial charge in [0.25, 0.3) is 0 Å². The minimum Gasteiger partial charge on any atom is -0.367 e. The molecule has 1 aliphatic rings. The van der Waals surface area contributed by atoms with Crippen molar-refractivity contribution in [1.82, 2.24) is 0 Å². The Balaban J connectivity index is 1.78. The van der Waals surface area contributed by atoms with Gasteiger partial charge in [0.05, 0.1) is 0 Å². The van der Waals surface area contributed by atoms with Crippen molar-refractivity contribution in [2.75, 3.05) is 18.0 Å². The molecule has 2 aromatic rings. The van der Waals surface area contributed by atoms with Gasteiger partial charge in [-0.1, -0.05) is 92.1 Å². The lowest BCUT2D eigenvalue weighted by atomic mass is 10.1. The quantitative estimate of drug-likeness (QED) is 0.532. The zero-order chi connectivity index (χ0) is 18.9. The van der Waals surface area contributed by atoms with Crippen molar-refractivity contribution in [3.63, 3.8) is 0 Å². The van der Waals surface area contributed by atoms with Crippen LogP contribution in [0.5, 0.6) is 0 Å². The third kappa shape index (κ3) is 5.46. The molecule has 0 heterocycles. The summed E-state index contributed by atoms with van der Waals surface area (Å²) >= 11 is 0. The van der Waals surface area contributed by atoms with Gasteiger partial charge in [0, 0.05) is 18.8 Å². The first kappa shape index (κ1) is 18.7. The van der Waals surface area contributed by atoms with Crippen molar-refractivity contribution >= 4 is 11.8 Å². The summed E-state index contributed by atoms with van der Waals surface area (Å²) in [5.74, 6) is 0. The second kappa shape index (κ2) is 9.59. The molecule has 0 saturated heterocycles. The van der Waals surface area contributed by atoms with Gasteiger partial charge in [-0.25, -0.2) is 0 Å². The van der Waals surface area contributed by atoms with Crippen LogP contribution in [0.1, 0.15) is 17.5 Å². The molecule has 0 unspecified atom stereocenters. The average molecular weight is 354 g/mol. The van der Waals surface area contributed by atoms with Gasteiger partial charge in [0.15, 0.2) is 0 Å². The summed E-state index contributed by atoms with van der Waals surface area (Å²) in [6, 6.07) is 19.3. The van der Waals surface area contributed by atoms with E-state index in [1.165, 1.54) is 28.0 Å². The van der Waals surface area contributed by atoms with Gasteiger partial charge < -0.3 is 4.90 Å². The first-order valence-electron chi connectivity index (χ1n) is 9.48. The number of para-hydroxylation sites is 1. The summed E-state index contributed by atoms with van der Waals surface area (Å²) < 4.78 is 0. The molecule has 3 rings (SSSR count). The van der Waals surface area contributed by atoms with E-state index in [0.29, 0.717) is 0 Å². The van der Waals surface area contributed by atoms with Crippen molar-refractivity contribution in [2.24, 2.45) is 0 Å². The summed E-state index contributed by atoms with van der Waals surface area (Å²) in [5, 5.41) is 0. The van der Waals surface area contributed by atoms with Crippen LogP contribution in [-0.2, 0) is 6.42 Å². The summed E-state index contributed by atoms with van der Waals surface area (Å²) in [7, 11) is 0. The molecule has 0 saturated carbocycles. The van der Waals surface area contributed by atoms with E-state index < -0.39 is 0 Å². The molecule has 27 heavy (non-hydrogen) atoms. The molecule has 0 N–H and O–H groups in total. The molecule has 0 spiro atoms. The monoisotopic (exact) mass is 353 g/mol. The maximum atomic E-state index is 3.92. The Morgan fingerprint density at radius 3 is 2.59 bits per heavy atom. The Hall–Kier alpha value is -3.06. The zero-order valence-electron chi connectivity index (χ0n) is 15.9. The van der Waals surface area contributed by atoms with Gasteiger partial charge in [0.2, 0.25) is 0 Å². The molecule has 0 fully saturated rings. The topological polar surface area (TPSA) is 3.24 Å². The lowest BCUT2D eigenvalue weighted by Gasteiger charge is -2.26. The van der Waals surface area contributed by atoms with E-state index in [1.54, 1.807) is 0 Å². The average Bonchev–Trinajstić information content (AvgIpc) is 2.97. The number of benzene rings is 2. The fourth-order valence-electron chi connectivity index (χ4n) is 3.30. The smallest absolute Gasteiger partial charge is 0.0395 e. The standard InChI is InChI=1S/C26H27N/c1-3-22-11-8-9-12-25(20-22)21-27(26-15-6-5-7-16-26)18-17-24-14-10-13-23(4-2)19-24/h3-11,13-16,19-20H,1-2,12,17-18,21H2. The molecule has 1 nitrogen and oxygen atoms in total. The summed E-state index contributed by atoms with van der Waals surface area (Å²) in [6.45, 7) is 9.69. The zero-order valence-corrected chi connectivity index (χ0v) is 15.9. The Morgan fingerprint density at radius 2 is 1.81 bits per heavy atom. The van der Waals surface area contributed by atoms with Crippen molar-refractivity contribution in [1.29, 1.82) is 0 Å². The highest BCUT2D eigenvalue weighted by atomic mass is 15.1. The number of anilines is 1. The fraction of sp³-hybridized carbons (Fsp3) is 0.154.